The first-order chi connectivity index (χ1) is 8.50. The van der Waals surface area contributed by atoms with Gasteiger partial charge in [-0.2, -0.15) is 0 Å². The van der Waals surface area contributed by atoms with Crippen molar-refractivity contribution in [1.82, 2.24) is 0 Å². The highest BCUT2D eigenvalue weighted by Crippen LogP contribution is 2.40. The van der Waals surface area contributed by atoms with Crippen LogP contribution in [0.4, 0.5) is 0 Å². The Morgan fingerprint density at radius 2 is 1.74 bits per heavy atom. The second kappa shape index (κ2) is 5.43. The molecule has 1 rings (SSSR count). The number of carbonyl (C=O) groups excluding carboxylic acids is 1. The van der Waals surface area contributed by atoms with Crippen LogP contribution in [0.5, 0.6) is 0 Å². The standard InChI is InChI=1S/C16H30O3/c1-7-14(2,3)13(17)19-16(6)10-8-12(9-11-16)15(4,5)18/h12,18H,7-11H2,1-6H3. The van der Waals surface area contributed by atoms with E-state index in [9.17, 15) is 9.90 Å². The highest BCUT2D eigenvalue weighted by atomic mass is 16.6. The van der Waals surface area contributed by atoms with Gasteiger partial charge in [0.1, 0.15) is 5.60 Å². The van der Waals surface area contributed by atoms with Crippen LogP contribution in [0.2, 0.25) is 0 Å². The molecule has 19 heavy (non-hydrogen) atoms. The van der Waals surface area contributed by atoms with Crippen molar-refractivity contribution in [2.45, 2.75) is 84.8 Å². The maximum Gasteiger partial charge on any atom is 0.312 e. The Kier molecular flexibility index (Phi) is 4.71. The Labute approximate surface area is 117 Å². The zero-order chi connectivity index (χ0) is 14.9. The second-order valence-electron chi connectivity index (χ2n) is 7.50. The van der Waals surface area contributed by atoms with Crippen molar-refractivity contribution in [2.24, 2.45) is 11.3 Å². The molecule has 0 radical (unpaired) electrons. The quantitative estimate of drug-likeness (QED) is 0.793. The highest BCUT2D eigenvalue weighted by Gasteiger charge is 2.41. The summed E-state index contributed by atoms with van der Waals surface area (Å²) in [5.41, 5.74) is -1.39. The summed E-state index contributed by atoms with van der Waals surface area (Å²) in [6.07, 6.45) is 4.30. The van der Waals surface area contributed by atoms with Crippen LogP contribution in [0.3, 0.4) is 0 Å². The summed E-state index contributed by atoms with van der Waals surface area (Å²) >= 11 is 0. The minimum Gasteiger partial charge on any atom is -0.459 e. The predicted molar refractivity (Wildman–Crippen MR) is 76.8 cm³/mol. The van der Waals surface area contributed by atoms with Gasteiger partial charge >= 0.3 is 5.97 Å². The molecule has 0 saturated heterocycles. The molecule has 0 aliphatic heterocycles. The van der Waals surface area contributed by atoms with Crippen molar-refractivity contribution >= 4 is 5.97 Å². The third-order valence-corrected chi connectivity index (χ3v) is 4.82. The molecule has 1 saturated carbocycles. The highest BCUT2D eigenvalue weighted by molar-refractivity contribution is 5.76. The van der Waals surface area contributed by atoms with Crippen molar-refractivity contribution in [3.8, 4) is 0 Å². The van der Waals surface area contributed by atoms with Crippen molar-refractivity contribution in [1.29, 1.82) is 0 Å². The van der Waals surface area contributed by atoms with Crippen molar-refractivity contribution in [3.63, 3.8) is 0 Å². The Bertz CT molecular complexity index is 317. The third kappa shape index (κ3) is 4.20. The minimum absolute atomic E-state index is 0.0980. The molecule has 1 aliphatic rings. The van der Waals surface area contributed by atoms with Crippen LogP contribution in [0.1, 0.15) is 73.6 Å². The van der Waals surface area contributed by atoms with Gasteiger partial charge in [-0.3, -0.25) is 4.79 Å². The van der Waals surface area contributed by atoms with E-state index in [-0.39, 0.29) is 11.6 Å². The fourth-order valence-electron chi connectivity index (χ4n) is 2.54. The van der Waals surface area contributed by atoms with Crippen molar-refractivity contribution in [2.75, 3.05) is 0 Å². The van der Waals surface area contributed by atoms with Gasteiger partial charge in [-0.25, -0.2) is 0 Å². The molecule has 3 nitrogen and oxygen atoms in total. The molecule has 1 aliphatic carbocycles. The third-order valence-electron chi connectivity index (χ3n) is 4.82. The molecule has 3 heteroatoms. The van der Waals surface area contributed by atoms with E-state index in [4.69, 9.17) is 4.74 Å². The molecular formula is C16H30O3. The van der Waals surface area contributed by atoms with Crippen LogP contribution in [0.15, 0.2) is 0 Å². The summed E-state index contributed by atoms with van der Waals surface area (Å²) < 4.78 is 5.77. The van der Waals surface area contributed by atoms with Gasteiger partial charge in [-0.1, -0.05) is 6.92 Å². The average Bonchev–Trinajstić information content (AvgIpc) is 2.27. The van der Waals surface area contributed by atoms with E-state index in [1.807, 2.05) is 41.5 Å². The van der Waals surface area contributed by atoms with Gasteiger partial charge in [0.05, 0.1) is 11.0 Å². The van der Waals surface area contributed by atoms with E-state index in [1.54, 1.807) is 0 Å². The zero-order valence-corrected chi connectivity index (χ0v) is 13.4. The van der Waals surface area contributed by atoms with E-state index in [0.29, 0.717) is 5.92 Å². The number of ether oxygens (including phenoxy) is 1. The monoisotopic (exact) mass is 270 g/mol. The molecule has 0 atom stereocenters. The number of hydrogen-bond donors (Lipinski definition) is 1. The molecule has 0 aromatic rings. The van der Waals surface area contributed by atoms with Crippen LogP contribution < -0.4 is 0 Å². The van der Waals surface area contributed by atoms with Gasteiger partial charge in [0.15, 0.2) is 0 Å². The predicted octanol–water partition coefficient (Wildman–Crippen LogP) is 3.69. The van der Waals surface area contributed by atoms with E-state index < -0.39 is 11.0 Å². The zero-order valence-electron chi connectivity index (χ0n) is 13.4. The van der Waals surface area contributed by atoms with Gasteiger partial charge in [-0.05, 0) is 72.6 Å². The van der Waals surface area contributed by atoms with Gasteiger partial charge in [-0.15, -0.1) is 0 Å². The molecule has 0 aromatic carbocycles. The number of hydrogen-bond acceptors (Lipinski definition) is 3. The van der Waals surface area contributed by atoms with Crippen molar-refractivity contribution < 1.29 is 14.6 Å². The summed E-state index contributed by atoms with van der Waals surface area (Å²) in [6, 6.07) is 0. The minimum atomic E-state index is -0.631. The Morgan fingerprint density at radius 1 is 1.26 bits per heavy atom. The Morgan fingerprint density at radius 3 is 2.11 bits per heavy atom. The van der Waals surface area contributed by atoms with Gasteiger partial charge in [0, 0.05) is 0 Å². The topological polar surface area (TPSA) is 46.5 Å². The molecule has 0 spiro atoms. The molecule has 0 heterocycles. The van der Waals surface area contributed by atoms with E-state index >= 15 is 0 Å². The summed E-state index contributed by atoms with van der Waals surface area (Å²) in [7, 11) is 0. The lowest BCUT2D eigenvalue weighted by molar-refractivity contribution is -0.174. The summed E-state index contributed by atoms with van der Waals surface area (Å²) in [4.78, 5) is 12.2. The van der Waals surface area contributed by atoms with Crippen LogP contribution in [0.25, 0.3) is 0 Å². The number of rotatable bonds is 4. The largest absolute Gasteiger partial charge is 0.459 e. The number of aliphatic hydroxyl groups is 1. The SMILES string of the molecule is CCC(C)(C)C(=O)OC1(C)CCC(C(C)(C)O)CC1. The van der Waals surface area contributed by atoms with Crippen LogP contribution in [0, 0.1) is 11.3 Å². The lowest BCUT2D eigenvalue weighted by Gasteiger charge is -2.42. The van der Waals surface area contributed by atoms with E-state index in [2.05, 4.69) is 0 Å². The summed E-state index contributed by atoms with van der Waals surface area (Å²) in [5.74, 6) is 0.206. The first kappa shape index (κ1) is 16.5. The fourth-order valence-corrected chi connectivity index (χ4v) is 2.54. The van der Waals surface area contributed by atoms with Gasteiger partial charge in [0.2, 0.25) is 0 Å². The van der Waals surface area contributed by atoms with Gasteiger partial charge < -0.3 is 9.84 Å². The molecule has 1 N–H and O–H groups in total. The molecular weight excluding hydrogens is 240 g/mol. The van der Waals surface area contributed by atoms with Crippen LogP contribution in [-0.2, 0) is 9.53 Å². The van der Waals surface area contributed by atoms with E-state index in [1.165, 1.54) is 0 Å². The first-order valence-corrected chi connectivity index (χ1v) is 7.46. The lowest BCUT2D eigenvalue weighted by atomic mass is 9.73. The molecule has 0 bridgehead atoms. The molecule has 0 unspecified atom stereocenters. The van der Waals surface area contributed by atoms with E-state index in [0.717, 1.165) is 32.1 Å². The molecule has 0 aromatic heterocycles. The van der Waals surface area contributed by atoms with Crippen LogP contribution >= 0.6 is 0 Å². The fraction of sp³-hybridized carbons (Fsp3) is 0.938. The first-order valence-electron chi connectivity index (χ1n) is 7.46. The number of esters is 1. The van der Waals surface area contributed by atoms with Gasteiger partial charge in [0.25, 0.3) is 0 Å². The smallest absolute Gasteiger partial charge is 0.312 e. The maximum absolute atomic E-state index is 12.2. The second-order valence-corrected chi connectivity index (χ2v) is 7.50. The molecule has 0 amide bonds. The Hall–Kier alpha value is -0.570. The van der Waals surface area contributed by atoms with Crippen LogP contribution in [-0.4, -0.2) is 22.3 Å². The van der Waals surface area contributed by atoms with Crippen molar-refractivity contribution in [3.05, 3.63) is 0 Å². The normalized spacial score (nSPS) is 29.1. The summed E-state index contributed by atoms with van der Waals surface area (Å²) in [5, 5.41) is 10.1. The summed E-state index contributed by atoms with van der Waals surface area (Å²) in [6.45, 7) is 11.6. The Balaban J connectivity index is 2.60. The lowest BCUT2D eigenvalue weighted by Crippen LogP contribution is -2.43. The maximum atomic E-state index is 12.2. The molecule has 112 valence electrons. The molecule has 1 fully saturated rings. The number of carbonyl (C=O) groups is 1. The average molecular weight is 270 g/mol.